The number of rotatable bonds is 5. The molecule has 1 aromatic carbocycles. The fraction of sp³-hybridized carbons (Fsp3) is 0.533. The van der Waals surface area contributed by atoms with Crippen molar-refractivity contribution in [3.8, 4) is 0 Å². The number of hydrogen-bond donors (Lipinski definition) is 1. The average Bonchev–Trinajstić information content (AvgIpc) is 3.20. The molecule has 0 spiro atoms. The first-order valence-electron chi connectivity index (χ1n) is 7.24. The summed E-state index contributed by atoms with van der Waals surface area (Å²) in [5.41, 5.74) is 4.39. The molecule has 1 aliphatic heterocycles. The smallest absolute Gasteiger partial charge is 0.214 e. The van der Waals surface area contributed by atoms with Crippen molar-refractivity contribution in [2.45, 2.75) is 44.5 Å². The van der Waals surface area contributed by atoms with Crippen molar-refractivity contribution < 1.29 is 13.3 Å². The Bertz CT molecular complexity index is 678. The van der Waals surface area contributed by atoms with Gasteiger partial charge in [-0.3, -0.25) is 0 Å². The number of aryl methyl sites for hydroxylation is 2. The molecule has 6 heteroatoms. The van der Waals surface area contributed by atoms with Gasteiger partial charge in [-0.15, -0.1) is 0 Å². The van der Waals surface area contributed by atoms with Crippen LogP contribution in [0, 0.1) is 13.8 Å². The lowest BCUT2D eigenvalue weighted by Gasteiger charge is -2.10. The quantitative estimate of drug-likeness (QED) is 0.903. The molecule has 0 saturated heterocycles. The predicted molar refractivity (Wildman–Crippen MR) is 81.9 cm³/mol. The normalized spacial score (nSPS) is 22.0. The van der Waals surface area contributed by atoms with Crippen LogP contribution in [0.15, 0.2) is 23.4 Å². The van der Waals surface area contributed by atoms with Crippen molar-refractivity contribution in [2.24, 2.45) is 5.16 Å². The van der Waals surface area contributed by atoms with Gasteiger partial charge in [-0.05, 0) is 49.4 Å². The SMILES string of the molecule is Cc1ccc(C2=NO[C@@H](CNS(=O)(=O)C3CC3)C2)cc1C. The van der Waals surface area contributed by atoms with Gasteiger partial charge in [0.15, 0.2) is 0 Å². The van der Waals surface area contributed by atoms with Gasteiger partial charge in [0.05, 0.1) is 17.5 Å². The summed E-state index contributed by atoms with van der Waals surface area (Å²) >= 11 is 0. The minimum Gasteiger partial charge on any atom is -0.390 e. The Morgan fingerprint density at radius 3 is 2.71 bits per heavy atom. The summed E-state index contributed by atoms with van der Waals surface area (Å²) < 4.78 is 26.2. The summed E-state index contributed by atoms with van der Waals surface area (Å²) in [5, 5.41) is 3.91. The van der Waals surface area contributed by atoms with E-state index >= 15 is 0 Å². The first kappa shape index (κ1) is 14.5. The third-order valence-electron chi connectivity index (χ3n) is 4.05. The molecule has 0 amide bonds. The molecule has 3 rings (SSSR count). The molecule has 1 heterocycles. The summed E-state index contributed by atoms with van der Waals surface area (Å²) in [6.07, 6.45) is 1.96. The zero-order chi connectivity index (χ0) is 15.0. The van der Waals surface area contributed by atoms with E-state index in [1.54, 1.807) is 0 Å². The Hall–Kier alpha value is -1.40. The molecule has 0 unspecified atom stereocenters. The summed E-state index contributed by atoms with van der Waals surface area (Å²) in [6.45, 7) is 4.43. The third-order valence-corrected chi connectivity index (χ3v) is 5.97. The lowest BCUT2D eigenvalue weighted by molar-refractivity contribution is 0.0891. The van der Waals surface area contributed by atoms with Crippen molar-refractivity contribution in [3.05, 3.63) is 34.9 Å². The molecule has 21 heavy (non-hydrogen) atoms. The zero-order valence-electron chi connectivity index (χ0n) is 12.3. The largest absolute Gasteiger partial charge is 0.390 e. The molecule has 1 aliphatic carbocycles. The maximum atomic E-state index is 11.8. The van der Waals surface area contributed by atoms with Crippen LogP contribution in [0.25, 0.3) is 0 Å². The zero-order valence-corrected chi connectivity index (χ0v) is 13.1. The van der Waals surface area contributed by atoms with E-state index in [9.17, 15) is 8.42 Å². The van der Waals surface area contributed by atoms with Gasteiger partial charge in [-0.2, -0.15) is 0 Å². The van der Waals surface area contributed by atoms with Crippen LogP contribution < -0.4 is 4.72 Å². The maximum Gasteiger partial charge on any atom is 0.214 e. The van der Waals surface area contributed by atoms with Crippen LogP contribution in [0.1, 0.15) is 36.0 Å². The molecule has 1 fully saturated rings. The summed E-state index contributed by atoms with van der Waals surface area (Å²) in [7, 11) is -3.15. The molecular weight excluding hydrogens is 288 g/mol. The molecule has 5 nitrogen and oxygen atoms in total. The monoisotopic (exact) mass is 308 g/mol. The first-order chi connectivity index (χ1) is 9.95. The highest BCUT2D eigenvalue weighted by Gasteiger charge is 2.36. The van der Waals surface area contributed by atoms with Crippen molar-refractivity contribution in [1.82, 2.24) is 4.72 Å². The highest BCUT2D eigenvalue weighted by atomic mass is 32.2. The van der Waals surface area contributed by atoms with Gasteiger partial charge in [0.2, 0.25) is 10.0 Å². The standard InChI is InChI=1S/C15H20N2O3S/c1-10-3-4-12(7-11(10)2)15-8-13(20-17-15)9-16-21(18,19)14-5-6-14/h3-4,7,13-14,16H,5-6,8-9H2,1-2H3/t13-/m1/s1. The Labute approximate surface area is 125 Å². The highest BCUT2D eigenvalue weighted by molar-refractivity contribution is 7.90. The van der Waals surface area contributed by atoms with Crippen molar-refractivity contribution in [1.29, 1.82) is 0 Å². The van der Waals surface area contributed by atoms with Gasteiger partial charge in [0.1, 0.15) is 6.10 Å². The Balaban J connectivity index is 1.58. The minimum atomic E-state index is -3.15. The molecular formula is C15H20N2O3S. The summed E-state index contributed by atoms with van der Waals surface area (Å²) in [6, 6.07) is 6.19. The van der Waals surface area contributed by atoms with E-state index in [0.717, 1.165) is 24.1 Å². The fourth-order valence-corrected chi connectivity index (χ4v) is 3.75. The van der Waals surface area contributed by atoms with Gasteiger partial charge in [-0.1, -0.05) is 17.3 Å². The first-order valence-corrected chi connectivity index (χ1v) is 8.79. The van der Waals surface area contributed by atoms with Gasteiger partial charge in [-0.25, -0.2) is 13.1 Å². The number of hydrogen-bond acceptors (Lipinski definition) is 4. The van der Waals surface area contributed by atoms with Crippen molar-refractivity contribution in [3.63, 3.8) is 0 Å². The molecule has 2 aliphatic rings. The van der Waals surface area contributed by atoms with Crippen LogP contribution in [0.5, 0.6) is 0 Å². The number of nitrogens with zero attached hydrogens (tertiary/aromatic N) is 1. The number of oxime groups is 1. The second kappa shape index (κ2) is 5.42. The van der Waals surface area contributed by atoms with Gasteiger partial charge >= 0.3 is 0 Å². The van der Waals surface area contributed by atoms with E-state index in [1.165, 1.54) is 11.1 Å². The van der Waals surface area contributed by atoms with Crippen LogP contribution in [-0.4, -0.2) is 32.0 Å². The second-order valence-electron chi connectivity index (χ2n) is 5.86. The van der Waals surface area contributed by atoms with Crippen molar-refractivity contribution in [2.75, 3.05) is 6.54 Å². The molecule has 0 radical (unpaired) electrons. The van der Waals surface area contributed by atoms with E-state index in [1.807, 2.05) is 6.07 Å². The van der Waals surface area contributed by atoms with Crippen LogP contribution in [0.3, 0.4) is 0 Å². The van der Waals surface area contributed by atoms with E-state index < -0.39 is 10.0 Å². The second-order valence-corrected chi connectivity index (χ2v) is 7.91. The number of sulfonamides is 1. The lowest BCUT2D eigenvalue weighted by atomic mass is 10.0. The Morgan fingerprint density at radius 1 is 1.29 bits per heavy atom. The number of nitrogens with one attached hydrogen (secondary N) is 1. The Kier molecular flexibility index (Phi) is 3.75. The van der Waals surface area contributed by atoms with Gasteiger partial charge in [0, 0.05) is 6.42 Å². The molecule has 1 saturated carbocycles. The van der Waals surface area contributed by atoms with E-state index in [-0.39, 0.29) is 17.9 Å². The predicted octanol–water partition coefficient (Wildman–Crippen LogP) is 1.88. The number of benzene rings is 1. The van der Waals surface area contributed by atoms with Crippen LogP contribution in [-0.2, 0) is 14.9 Å². The molecule has 1 aromatic rings. The summed E-state index contributed by atoms with van der Waals surface area (Å²) in [4.78, 5) is 5.35. The third kappa shape index (κ3) is 3.27. The fourth-order valence-electron chi connectivity index (χ4n) is 2.33. The maximum absolute atomic E-state index is 11.8. The van der Waals surface area contributed by atoms with Crippen LogP contribution >= 0.6 is 0 Å². The van der Waals surface area contributed by atoms with E-state index in [0.29, 0.717) is 6.42 Å². The van der Waals surface area contributed by atoms with E-state index in [2.05, 4.69) is 35.9 Å². The van der Waals surface area contributed by atoms with E-state index in [4.69, 9.17) is 4.84 Å². The van der Waals surface area contributed by atoms with Gasteiger partial charge in [0.25, 0.3) is 0 Å². The lowest BCUT2D eigenvalue weighted by Crippen LogP contribution is -2.34. The highest BCUT2D eigenvalue weighted by Crippen LogP contribution is 2.27. The minimum absolute atomic E-state index is 0.195. The molecule has 0 aromatic heterocycles. The van der Waals surface area contributed by atoms with Crippen LogP contribution in [0.4, 0.5) is 0 Å². The average molecular weight is 308 g/mol. The topological polar surface area (TPSA) is 67.8 Å². The Morgan fingerprint density at radius 2 is 2.05 bits per heavy atom. The molecule has 1 atom stereocenters. The van der Waals surface area contributed by atoms with Crippen molar-refractivity contribution >= 4 is 15.7 Å². The molecule has 114 valence electrons. The summed E-state index contributed by atoms with van der Waals surface area (Å²) in [5.74, 6) is 0. The van der Waals surface area contributed by atoms with Gasteiger partial charge < -0.3 is 4.84 Å². The molecule has 1 N–H and O–H groups in total. The molecule has 0 bridgehead atoms. The van der Waals surface area contributed by atoms with Crippen LogP contribution in [0.2, 0.25) is 0 Å².